The first-order chi connectivity index (χ1) is 9.95. The number of halogens is 1. The predicted octanol–water partition coefficient (Wildman–Crippen LogP) is 2.90. The van der Waals surface area contributed by atoms with Crippen molar-refractivity contribution in [2.45, 2.75) is 18.4 Å². The third-order valence-corrected chi connectivity index (χ3v) is 3.88. The van der Waals surface area contributed by atoms with Crippen molar-refractivity contribution < 1.29 is 14.7 Å². The van der Waals surface area contributed by atoms with Crippen LogP contribution in [0.2, 0.25) is 5.02 Å². The molecule has 0 saturated carbocycles. The molecule has 21 heavy (non-hydrogen) atoms. The number of hydrogen-bond donors (Lipinski definition) is 1. The predicted molar refractivity (Wildman–Crippen MR) is 81.1 cm³/mol. The topological polar surface area (TPSA) is 72.2 Å². The molecule has 1 aromatic carbocycles. The molecule has 110 valence electrons. The van der Waals surface area contributed by atoms with Crippen molar-refractivity contribution in [1.82, 2.24) is 9.78 Å². The van der Waals surface area contributed by atoms with Gasteiger partial charge in [0.1, 0.15) is 5.03 Å². The van der Waals surface area contributed by atoms with Gasteiger partial charge >= 0.3 is 5.97 Å². The lowest BCUT2D eigenvalue weighted by atomic mass is 10.1. The molecule has 0 aliphatic carbocycles. The number of aryl methyl sites for hydroxylation is 1. The average Bonchev–Trinajstić information content (AvgIpc) is 2.80. The molecule has 0 aliphatic rings. The molecule has 1 heterocycles. The van der Waals surface area contributed by atoms with Gasteiger partial charge in [0.15, 0.2) is 0 Å². The van der Waals surface area contributed by atoms with Gasteiger partial charge in [-0.1, -0.05) is 35.5 Å². The summed E-state index contributed by atoms with van der Waals surface area (Å²) in [5.41, 5.74) is 1.50. The van der Waals surface area contributed by atoms with Crippen molar-refractivity contribution in [2.75, 3.05) is 5.75 Å². The Morgan fingerprint density at radius 2 is 2.00 bits per heavy atom. The minimum absolute atomic E-state index is 0.112. The molecule has 1 N–H and O–H groups in total. The van der Waals surface area contributed by atoms with Crippen LogP contribution in [-0.4, -0.2) is 32.5 Å². The minimum atomic E-state index is -0.935. The van der Waals surface area contributed by atoms with Crippen LogP contribution in [0.25, 0.3) is 0 Å². The van der Waals surface area contributed by atoms with Gasteiger partial charge in [-0.15, -0.1) is 0 Å². The van der Waals surface area contributed by atoms with E-state index in [0.29, 0.717) is 15.7 Å². The number of aliphatic carboxylic acids is 1. The average molecular weight is 325 g/mol. The number of rotatable bonds is 5. The standard InChI is InChI=1S/C14H13ClN2O3S/c1-9-6-13(21-8-14(19)20)17(16-9)12(18)7-10-2-4-11(15)5-3-10/h2-6H,7-8H2,1H3,(H,19,20). The summed E-state index contributed by atoms with van der Waals surface area (Å²) in [6.45, 7) is 1.76. The third-order valence-electron chi connectivity index (χ3n) is 2.65. The number of carbonyl (C=O) groups excluding carboxylic acids is 1. The van der Waals surface area contributed by atoms with Crippen molar-refractivity contribution >= 4 is 35.2 Å². The Kier molecular flexibility index (Phi) is 5.03. The fourth-order valence-electron chi connectivity index (χ4n) is 1.74. The van der Waals surface area contributed by atoms with Crippen molar-refractivity contribution in [1.29, 1.82) is 0 Å². The second-order valence-corrected chi connectivity index (χ2v) is 5.85. The molecule has 0 unspecified atom stereocenters. The molecule has 1 aromatic heterocycles. The van der Waals surface area contributed by atoms with Crippen molar-refractivity contribution in [3.05, 3.63) is 46.6 Å². The largest absolute Gasteiger partial charge is 0.481 e. The summed E-state index contributed by atoms with van der Waals surface area (Å²) >= 11 is 6.88. The summed E-state index contributed by atoms with van der Waals surface area (Å²) in [7, 11) is 0. The van der Waals surface area contributed by atoms with Gasteiger partial charge in [0.05, 0.1) is 17.9 Å². The zero-order valence-electron chi connectivity index (χ0n) is 11.2. The highest BCUT2D eigenvalue weighted by Crippen LogP contribution is 2.20. The number of thioether (sulfide) groups is 1. The molecular weight excluding hydrogens is 312 g/mol. The van der Waals surface area contributed by atoms with Crippen LogP contribution >= 0.6 is 23.4 Å². The van der Waals surface area contributed by atoms with Gasteiger partial charge in [-0.3, -0.25) is 9.59 Å². The molecule has 0 amide bonds. The van der Waals surface area contributed by atoms with E-state index in [9.17, 15) is 9.59 Å². The van der Waals surface area contributed by atoms with E-state index in [0.717, 1.165) is 17.3 Å². The Morgan fingerprint density at radius 3 is 2.62 bits per heavy atom. The molecule has 0 saturated heterocycles. The number of carboxylic acid groups (broad SMARTS) is 1. The van der Waals surface area contributed by atoms with Crippen LogP contribution in [0, 0.1) is 6.92 Å². The molecule has 2 aromatic rings. The molecular formula is C14H13ClN2O3S. The fourth-order valence-corrected chi connectivity index (χ4v) is 2.66. The van der Waals surface area contributed by atoms with Crippen LogP contribution in [0.15, 0.2) is 35.4 Å². The smallest absolute Gasteiger partial charge is 0.313 e. The van der Waals surface area contributed by atoms with E-state index in [2.05, 4.69) is 5.10 Å². The van der Waals surface area contributed by atoms with E-state index < -0.39 is 5.97 Å². The highest BCUT2D eigenvalue weighted by Gasteiger charge is 2.15. The zero-order valence-corrected chi connectivity index (χ0v) is 12.8. The fraction of sp³-hybridized carbons (Fsp3) is 0.214. The molecule has 0 bridgehead atoms. The van der Waals surface area contributed by atoms with Crippen LogP contribution in [0.3, 0.4) is 0 Å². The first-order valence-electron chi connectivity index (χ1n) is 6.14. The summed E-state index contributed by atoms with van der Waals surface area (Å²) in [4.78, 5) is 22.9. The number of hydrogen-bond acceptors (Lipinski definition) is 4. The normalized spacial score (nSPS) is 10.6. The van der Waals surface area contributed by atoms with Gasteiger partial charge < -0.3 is 5.11 Å². The first-order valence-corrected chi connectivity index (χ1v) is 7.51. The third kappa shape index (κ3) is 4.34. The lowest BCUT2D eigenvalue weighted by Crippen LogP contribution is -2.16. The Hall–Kier alpha value is -1.79. The number of carboxylic acids is 1. The first kappa shape index (κ1) is 15.6. The van der Waals surface area contributed by atoms with Gasteiger partial charge in [0.2, 0.25) is 0 Å². The van der Waals surface area contributed by atoms with Gasteiger partial charge in [-0.25, -0.2) is 0 Å². The van der Waals surface area contributed by atoms with Crippen LogP contribution in [0.4, 0.5) is 0 Å². The summed E-state index contributed by atoms with van der Waals surface area (Å²) in [5, 5.41) is 14.0. The highest BCUT2D eigenvalue weighted by atomic mass is 35.5. The van der Waals surface area contributed by atoms with Crippen molar-refractivity contribution in [2.24, 2.45) is 0 Å². The van der Waals surface area contributed by atoms with Crippen LogP contribution < -0.4 is 0 Å². The maximum absolute atomic E-state index is 12.3. The van der Waals surface area contributed by atoms with Gasteiger partial charge in [-0.2, -0.15) is 9.78 Å². The summed E-state index contributed by atoms with van der Waals surface area (Å²) in [6.07, 6.45) is 0.179. The van der Waals surface area contributed by atoms with Crippen molar-refractivity contribution in [3.63, 3.8) is 0 Å². The minimum Gasteiger partial charge on any atom is -0.481 e. The van der Waals surface area contributed by atoms with Crippen LogP contribution in [0.5, 0.6) is 0 Å². The number of nitrogens with zero attached hydrogens (tertiary/aromatic N) is 2. The van der Waals surface area contributed by atoms with Gasteiger partial charge in [0, 0.05) is 5.02 Å². The summed E-state index contributed by atoms with van der Waals surface area (Å²) < 4.78 is 1.26. The van der Waals surface area contributed by atoms with Crippen molar-refractivity contribution in [3.8, 4) is 0 Å². The zero-order chi connectivity index (χ0) is 15.4. The molecule has 0 spiro atoms. The number of aromatic nitrogens is 2. The van der Waals surface area contributed by atoms with Crippen LogP contribution in [0.1, 0.15) is 16.1 Å². The molecule has 0 atom stereocenters. The summed E-state index contributed by atoms with van der Waals surface area (Å²) in [5.74, 6) is -1.26. The monoisotopic (exact) mass is 324 g/mol. The van der Waals surface area contributed by atoms with E-state index in [1.54, 1.807) is 37.3 Å². The second-order valence-electron chi connectivity index (χ2n) is 4.42. The Balaban J connectivity index is 2.14. The van der Waals surface area contributed by atoms with E-state index in [-0.39, 0.29) is 18.1 Å². The molecule has 5 nitrogen and oxygen atoms in total. The second kappa shape index (κ2) is 6.78. The van der Waals surface area contributed by atoms with E-state index >= 15 is 0 Å². The van der Waals surface area contributed by atoms with E-state index in [1.165, 1.54) is 4.68 Å². The molecule has 7 heteroatoms. The molecule has 0 radical (unpaired) electrons. The van der Waals surface area contributed by atoms with E-state index in [1.807, 2.05) is 0 Å². The summed E-state index contributed by atoms with van der Waals surface area (Å²) in [6, 6.07) is 8.70. The Bertz CT molecular complexity index is 667. The van der Waals surface area contributed by atoms with Gasteiger partial charge in [0.25, 0.3) is 5.91 Å². The SMILES string of the molecule is Cc1cc(SCC(=O)O)n(C(=O)Cc2ccc(Cl)cc2)n1. The highest BCUT2D eigenvalue weighted by molar-refractivity contribution is 7.99. The quantitative estimate of drug-likeness (QED) is 0.856. The maximum atomic E-state index is 12.3. The lowest BCUT2D eigenvalue weighted by Gasteiger charge is -2.05. The maximum Gasteiger partial charge on any atom is 0.313 e. The number of carbonyl (C=O) groups is 2. The Labute approximate surface area is 130 Å². The Morgan fingerprint density at radius 1 is 1.33 bits per heavy atom. The molecule has 2 rings (SSSR count). The molecule has 0 aliphatic heterocycles. The number of benzene rings is 1. The van der Waals surface area contributed by atoms with Gasteiger partial charge in [-0.05, 0) is 30.7 Å². The lowest BCUT2D eigenvalue weighted by molar-refractivity contribution is -0.133. The van der Waals surface area contributed by atoms with E-state index in [4.69, 9.17) is 16.7 Å². The van der Waals surface area contributed by atoms with Crippen LogP contribution in [-0.2, 0) is 11.2 Å². The molecule has 0 fully saturated rings.